The van der Waals surface area contributed by atoms with Gasteiger partial charge >= 0.3 is 5.97 Å². The van der Waals surface area contributed by atoms with Crippen LogP contribution in [0, 0.1) is 0 Å². The number of Topliss-reactive ketones (excluding diaryl/α,β-unsaturated/α-hetero) is 1. The van der Waals surface area contributed by atoms with E-state index in [0.29, 0.717) is 24.3 Å². The Hall–Kier alpha value is -1.88. The fraction of sp³-hybridized carbons (Fsp3) is 0.467. The Bertz CT molecular complexity index is 473. The molecule has 1 aromatic carbocycles. The summed E-state index contributed by atoms with van der Waals surface area (Å²) in [4.78, 5) is 23.4. The Morgan fingerprint density at radius 1 is 1.30 bits per heavy atom. The summed E-state index contributed by atoms with van der Waals surface area (Å²) in [6.07, 6.45) is 0.417. The predicted molar refractivity (Wildman–Crippen MR) is 76.3 cm³/mol. The van der Waals surface area contributed by atoms with Gasteiger partial charge in [-0.25, -0.2) is 0 Å². The molecule has 1 aromatic rings. The average molecular weight is 279 g/mol. The van der Waals surface area contributed by atoms with Crippen LogP contribution in [-0.2, 0) is 4.79 Å². The van der Waals surface area contributed by atoms with E-state index < -0.39 is 18.1 Å². The zero-order valence-corrected chi connectivity index (χ0v) is 12.1. The lowest BCUT2D eigenvalue weighted by atomic mass is 10.0. The molecule has 0 fully saturated rings. The van der Waals surface area contributed by atoms with Crippen molar-refractivity contribution in [3.63, 3.8) is 0 Å². The summed E-state index contributed by atoms with van der Waals surface area (Å²) < 4.78 is 5.42. The maximum Gasteiger partial charge on any atom is 0.320 e. The number of carbonyl (C=O) groups excluding carboxylic acids is 1. The van der Waals surface area contributed by atoms with E-state index in [1.54, 1.807) is 38.1 Å². The zero-order chi connectivity index (χ0) is 15.1. The number of benzene rings is 1. The van der Waals surface area contributed by atoms with Gasteiger partial charge < -0.3 is 9.84 Å². The van der Waals surface area contributed by atoms with Crippen molar-refractivity contribution in [1.82, 2.24) is 5.32 Å². The maximum atomic E-state index is 12.4. The summed E-state index contributed by atoms with van der Waals surface area (Å²) in [7, 11) is 0. The Morgan fingerprint density at radius 3 is 2.50 bits per heavy atom. The molecule has 2 N–H and O–H groups in total. The summed E-state index contributed by atoms with van der Waals surface area (Å²) in [6, 6.07) is 5.67. The lowest BCUT2D eigenvalue weighted by Crippen LogP contribution is -2.45. The number of ketones is 1. The van der Waals surface area contributed by atoms with Crippen molar-refractivity contribution >= 4 is 11.8 Å². The molecule has 0 aromatic heterocycles. The fourth-order valence-electron chi connectivity index (χ4n) is 1.93. The quantitative estimate of drug-likeness (QED) is 0.713. The van der Waals surface area contributed by atoms with Crippen molar-refractivity contribution in [1.29, 1.82) is 0 Å². The molecule has 0 saturated heterocycles. The molecular weight excluding hydrogens is 258 g/mol. The third kappa shape index (κ3) is 4.06. The second kappa shape index (κ2) is 7.65. The second-order valence-corrected chi connectivity index (χ2v) is 4.48. The first-order valence-electron chi connectivity index (χ1n) is 6.76. The molecule has 0 heterocycles. The Morgan fingerprint density at radius 2 is 1.95 bits per heavy atom. The zero-order valence-electron chi connectivity index (χ0n) is 12.1. The van der Waals surface area contributed by atoms with Crippen molar-refractivity contribution in [2.75, 3.05) is 6.61 Å². The number of para-hydroxylation sites is 1. The van der Waals surface area contributed by atoms with E-state index in [4.69, 9.17) is 9.84 Å². The average Bonchev–Trinajstić information content (AvgIpc) is 2.44. The van der Waals surface area contributed by atoms with E-state index in [2.05, 4.69) is 5.32 Å². The molecule has 5 heteroatoms. The van der Waals surface area contributed by atoms with Crippen LogP contribution in [0.4, 0.5) is 0 Å². The van der Waals surface area contributed by atoms with E-state index >= 15 is 0 Å². The highest BCUT2D eigenvalue weighted by atomic mass is 16.5. The number of nitrogens with one attached hydrogen (secondary N) is 1. The first kappa shape index (κ1) is 16.2. The number of rotatable bonds is 8. The van der Waals surface area contributed by atoms with Crippen LogP contribution in [0.25, 0.3) is 0 Å². The van der Waals surface area contributed by atoms with Crippen LogP contribution < -0.4 is 10.1 Å². The van der Waals surface area contributed by atoms with E-state index in [1.165, 1.54) is 0 Å². The molecule has 0 aliphatic heterocycles. The molecular formula is C15H21NO4. The number of carboxylic acid groups (broad SMARTS) is 1. The molecule has 5 nitrogen and oxygen atoms in total. The first-order valence-corrected chi connectivity index (χ1v) is 6.76. The number of hydrogen-bond donors (Lipinski definition) is 2. The minimum Gasteiger partial charge on any atom is -0.493 e. The highest BCUT2D eigenvalue weighted by molar-refractivity contribution is 6.02. The molecule has 0 aliphatic carbocycles. The topological polar surface area (TPSA) is 75.6 Å². The fourth-order valence-corrected chi connectivity index (χ4v) is 1.93. The van der Waals surface area contributed by atoms with Crippen molar-refractivity contribution in [2.45, 2.75) is 39.3 Å². The minimum atomic E-state index is -0.953. The largest absolute Gasteiger partial charge is 0.493 e. The molecule has 2 atom stereocenters. The van der Waals surface area contributed by atoms with Gasteiger partial charge in [-0.1, -0.05) is 19.1 Å². The summed E-state index contributed by atoms with van der Waals surface area (Å²) in [5.41, 5.74) is 0.467. The Balaban J connectivity index is 2.86. The van der Waals surface area contributed by atoms with Gasteiger partial charge in [0, 0.05) is 0 Å². The van der Waals surface area contributed by atoms with Gasteiger partial charge in [-0.2, -0.15) is 0 Å². The van der Waals surface area contributed by atoms with E-state index in [9.17, 15) is 9.59 Å². The van der Waals surface area contributed by atoms with Gasteiger partial charge in [-0.15, -0.1) is 0 Å². The smallest absolute Gasteiger partial charge is 0.320 e. The van der Waals surface area contributed by atoms with E-state index in [-0.39, 0.29) is 5.78 Å². The molecule has 0 amide bonds. The summed E-state index contributed by atoms with van der Waals surface area (Å²) in [6.45, 7) is 5.74. The minimum absolute atomic E-state index is 0.172. The highest BCUT2D eigenvalue weighted by Crippen LogP contribution is 2.19. The third-order valence-electron chi connectivity index (χ3n) is 3.00. The third-order valence-corrected chi connectivity index (χ3v) is 3.00. The van der Waals surface area contributed by atoms with E-state index in [1.807, 2.05) is 6.92 Å². The van der Waals surface area contributed by atoms with Crippen LogP contribution in [0.3, 0.4) is 0 Å². The molecule has 0 aliphatic rings. The molecule has 2 unspecified atom stereocenters. The summed E-state index contributed by atoms with van der Waals surface area (Å²) in [5, 5.41) is 11.8. The first-order chi connectivity index (χ1) is 9.51. The Kier molecular flexibility index (Phi) is 6.18. The van der Waals surface area contributed by atoms with Gasteiger partial charge in [0.05, 0.1) is 18.2 Å². The number of carbonyl (C=O) groups is 2. The van der Waals surface area contributed by atoms with Crippen molar-refractivity contribution < 1.29 is 19.4 Å². The van der Waals surface area contributed by atoms with Crippen LogP contribution in [0.1, 0.15) is 37.6 Å². The molecule has 0 spiro atoms. The lowest BCUT2D eigenvalue weighted by Gasteiger charge is -2.19. The molecule has 20 heavy (non-hydrogen) atoms. The highest BCUT2D eigenvalue weighted by Gasteiger charge is 2.24. The van der Waals surface area contributed by atoms with Crippen LogP contribution in [0.2, 0.25) is 0 Å². The van der Waals surface area contributed by atoms with Crippen molar-refractivity contribution in [3.8, 4) is 5.75 Å². The van der Waals surface area contributed by atoms with Gasteiger partial charge in [0.1, 0.15) is 11.8 Å². The van der Waals surface area contributed by atoms with Gasteiger partial charge in [0.15, 0.2) is 5.78 Å². The summed E-state index contributed by atoms with van der Waals surface area (Å²) >= 11 is 0. The number of carboxylic acids is 1. The summed E-state index contributed by atoms with van der Waals surface area (Å²) in [5.74, 6) is -0.601. The molecule has 1 rings (SSSR count). The lowest BCUT2D eigenvalue weighted by molar-refractivity contribution is -0.139. The van der Waals surface area contributed by atoms with Gasteiger partial charge in [0.25, 0.3) is 0 Å². The Labute approximate surface area is 118 Å². The van der Waals surface area contributed by atoms with Crippen molar-refractivity contribution in [3.05, 3.63) is 29.8 Å². The van der Waals surface area contributed by atoms with Crippen LogP contribution in [0.5, 0.6) is 5.75 Å². The number of hydrogen-bond acceptors (Lipinski definition) is 4. The van der Waals surface area contributed by atoms with Gasteiger partial charge in [-0.3, -0.25) is 14.9 Å². The van der Waals surface area contributed by atoms with E-state index in [0.717, 1.165) is 0 Å². The standard InChI is InChI=1S/C15H21NO4/c1-4-12(15(18)19)16-10(3)14(17)11-8-6-7-9-13(11)20-5-2/h6-10,12,16H,4-5H2,1-3H3,(H,18,19). The van der Waals surface area contributed by atoms with Crippen LogP contribution in [0.15, 0.2) is 24.3 Å². The number of aliphatic carboxylic acids is 1. The number of ether oxygens (including phenoxy) is 1. The molecule has 110 valence electrons. The molecule has 0 saturated carbocycles. The predicted octanol–water partition coefficient (Wildman–Crippen LogP) is 2.11. The normalized spacial score (nSPS) is 13.6. The van der Waals surface area contributed by atoms with Crippen LogP contribution in [-0.4, -0.2) is 35.5 Å². The molecule has 0 bridgehead atoms. The maximum absolute atomic E-state index is 12.4. The second-order valence-electron chi connectivity index (χ2n) is 4.48. The SMILES string of the molecule is CCOc1ccccc1C(=O)C(C)NC(CC)C(=O)O. The van der Waals surface area contributed by atoms with Gasteiger partial charge in [0.2, 0.25) is 0 Å². The van der Waals surface area contributed by atoms with Crippen molar-refractivity contribution in [2.24, 2.45) is 0 Å². The van der Waals surface area contributed by atoms with Gasteiger partial charge in [-0.05, 0) is 32.4 Å². The monoisotopic (exact) mass is 279 g/mol. The molecule has 0 radical (unpaired) electrons. The van der Waals surface area contributed by atoms with Crippen LogP contribution >= 0.6 is 0 Å².